The summed E-state index contributed by atoms with van der Waals surface area (Å²) in [5.41, 5.74) is 2.46. The predicted molar refractivity (Wildman–Crippen MR) is 119 cm³/mol. The molecule has 8 heteroatoms. The zero-order valence-corrected chi connectivity index (χ0v) is 17.4. The van der Waals surface area contributed by atoms with Gasteiger partial charge in [0.15, 0.2) is 5.76 Å². The van der Waals surface area contributed by atoms with Crippen molar-refractivity contribution in [3.05, 3.63) is 90.2 Å². The summed E-state index contributed by atoms with van der Waals surface area (Å²) in [7, 11) is -3.54. The number of benzene rings is 2. The predicted octanol–water partition coefficient (Wildman–Crippen LogP) is 3.34. The molecule has 0 saturated heterocycles. The second-order valence-electron chi connectivity index (χ2n) is 6.93. The highest BCUT2D eigenvalue weighted by Crippen LogP contribution is 2.25. The lowest BCUT2D eigenvalue weighted by Crippen LogP contribution is -2.34. The first-order chi connectivity index (χ1) is 15.0. The minimum absolute atomic E-state index is 0.0182. The summed E-state index contributed by atoms with van der Waals surface area (Å²) in [5.74, 6) is -0.0447. The summed E-state index contributed by atoms with van der Waals surface area (Å²) in [6, 6.07) is 21.7. The van der Waals surface area contributed by atoms with E-state index in [9.17, 15) is 13.2 Å². The van der Waals surface area contributed by atoms with Gasteiger partial charge in [0.05, 0.1) is 23.1 Å². The van der Waals surface area contributed by atoms with Crippen LogP contribution < -0.4 is 10.0 Å². The quantitative estimate of drug-likeness (QED) is 0.442. The molecule has 0 saturated carbocycles. The standard InChI is InChI=1S/C23H21N3O4S/c27-23(24-12-14-31(28,29)25-16-17-7-2-1-3-8-17)19-15-21(22-11-6-13-30-22)26-20-10-5-4-9-18(19)20/h1-11,13,15,25H,12,14,16H2,(H,24,27). The van der Waals surface area contributed by atoms with Crippen molar-refractivity contribution in [2.24, 2.45) is 0 Å². The van der Waals surface area contributed by atoms with Crippen LogP contribution in [0.5, 0.6) is 0 Å². The molecule has 7 nitrogen and oxygen atoms in total. The fourth-order valence-electron chi connectivity index (χ4n) is 3.17. The summed E-state index contributed by atoms with van der Waals surface area (Å²) in [6.45, 7) is 0.189. The lowest BCUT2D eigenvalue weighted by molar-refractivity contribution is 0.0957. The molecule has 2 aromatic heterocycles. The van der Waals surface area contributed by atoms with Crippen molar-refractivity contribution < 1.29 is 17.6 Å². The Labute approximate surface area is 180 Å². The van der Waals surface area contributed by atoms with Gasteiger partial charge in [0.1, 0.15) is 5.69 Å². The molecule has 158 valence electrons. The second kappa shape index (κ2) is 9.11. The third kappa shape index (κ3) is 5.17. The topological polar surface area (TPSA) is 101 Å². The van der Waals surface area contributed by atoms with Gasteiger partial charge in [-0.05, 0) is 29.8 Å². The van der Waals surface area contributed by atoms with E-state index >= 15 is 0 Å². The summed E-state index contributed by atoms with van der Waals surface area (Å²) in [4.78, 5) is 17.4. The van der Waals surface area contributed by atoms with Crippen LogP contribution in [-0.4, -0.2) is 31.6 Å². The van der Waals surface area contributed by atoms with E-state index in [1.165, 1.54) is 0 Å². The van der Waals surface area contributed by atoms with Gasteiger partial charge >= 0.3 is 0 Å². The van der Waals surface area contributed by atoms with Crippen molar-refractivity contribution in [2.45, 2.75) is 6.54 Å². The molecular weight excluding hydrogens is 414 g/mol. The number of hydrogen-bond donors (Lipinski definition) is 2. The van der Waals surface area contributed by atoms with Crippen LogP contribution in [0.4, 0.5) is 0 Å². The number of aromatic nitrogens is 1. The Kier molecular flexibility index (Phi) is 6.11. The van der Waals surface area contributed by atoms with E-state index in [-0.39, 0.29) is 24.7 Å². The highest BCUT2D eigenvalue weighted by Gasteiger charge is 2.16. The van der Waals surface area contributed by atoms with E-state index in [1.807, 2.05) is 48.5 Å². The van der Waals surface area contributed by atoms with Crippen molar-refractivity contribution in [3.8, 4) is 11.5 Å². The van der Waals surface area contributed by atoms with Crippen LogP contribution in [0.25, 0.3) is 22.4 Å². The molecule has 0 aliphatic heterocycles. The maximum Gasteiger partial charge on any atom is 0.252 e. The molecule has 0 fully saturated rings. The minimum atomic E-state index is -3.54. The first-order valence-electron chi connectivity index (χ1n) is 9.75. The van der Waals surface area contributed by atoms with Crippen molar-refractivity contribution in [1.82, 2.24) is 15.0 Å². The number of sulfonamides is 1. The maximum absolute atomic E-state index is 12.9. The number of carbonyl (C=O) groups excluding carboxylic acids is 1. The maximum atomic E-state index is 12.9. The van der Waals surface area contributed by atoms with E-state index in [1.54, 1.807) is 30.5 Å². The van der Waals surface area contributed by atoms with Gasteiger partial charge in [-0.3, -0.25) is 4.79 Å². The van der Waals surface area contributed by atoms with Crippen LogP contribution in [0.3, 0.4) is 0 Å². The molecule has 0 aliphatic carbocycles. The monoisotopic (exact) mass is 435 g/mol. The number of nitrogens with zero attached hydrogens (tertiary/aromatic N) is 1. The molecule has 2 N–H and O–H groups in total. The number of nitrogens with one attached hydrogen (secondary N) is 2. The van der Waals surface area contributed by atoms with E-state index in [4.69, 9.17) is 4.42 Å². The molecule has 0 atom stereocenters. The zero-order valence-electron chi connectivity index (χ0n) is 16.6. The first kappa shape index (κ1) is 20.8. The number of amides is 1. The minimum Gasteiger partial charge on any atom is -0.463 e. The SMILES string of the molecule is O=C(NCCS(=O)(=O)NCc1ccccc1)c1cc(-c2ccco2)nc2ccccc12. The van der Waals surface area contributed by atoms with E-state index in [0.29, 0.717) is 27.9 Å². The fourth-order valence-corrected chi connectivity index (χ4v) is 4.07. The van der Waals surface area contributed by atoms with Crippen LogP contribution in [0.15, 0.2) is 83.5 Å². The fraction of sp³-hybridized carbons (Fsp3) is 0.130. The Balaban J connectivity index is 1.45. The van der Waals surface area contributed by atoms with Crippen molar-refractivity contribution in [2.75, 3.05) is 12.3 Å². The molecule has 0 aliphatic rings. The number of rotatable bonds is 8. The number of carbonyl (C=O) groups is 1. The van der Waals surface area contributed by atoms with Crippen LogP contribution in [0, 0.1) is 0 Å². The molecule has 31 heavy (non-hydrogen) atoms. The molecule has 0 bridgehead atoms. The van der Waals surface area contributed by atoms with Crippen LogP contribution in [0.1, 0.15) is 15.9 Å². The largest absolute Gasteiger partial charge is 0.463 e. The van der Waals surface area contributed by atoms with Gasteiger partial charge in [-0.15, -0.1) is 0 Å². The first-order valence-corrected chi connectivity index (χ1v) is 11.4. The van der Waals surface area contributed by atoms with Gasteiger partial charge in [0.25, 0.3) is 5.91 Å². The van der Waals surface area contributed by atoms with Gasteiger partial charge in [0.2, 0.25) is 10.0 Å². The van der Waals surface area contributed by atoms with Crippen molar-refractivity contribution >= 4 is 26.8 Å². The summed E-state index contributed by atoms with van der Waals surface area (Å²) < 4.78 is 32.5. The van der Waals surface area contributed by atoms with Crippen LogP contribution in [0.2, 0.25) is 0 Å². The van der Waals surface area contributed by atoms with Crippen molar-refractivity contribution in [3.63, 3.8) is 0 Å². The lowest BCUT2D eigenvalue weighted by Gasteiger charge is -2.11. The van der Waals surface area contributed by atoms with Crippen molar-refractivity contribution in [1.29, 1.82) is 0 Å². The Morgan fingerprint density at radius 1 is 0.968 bits per heavy atom. The second-order valence-corrected chi connectivity index (χ2v) is 8.86. The molecule has 0 spiro atoms. The van der Waals surface area contributed by atoms with Crippen LogP contribution >= 0.6 is 0 Å². The third-order valence-electron chi connectivity index (χ3n) is 4.73. The Morgan fingerprint density at radius 2 is 1.74 bits per heavy atom. The molecule has 0 unspecified atom stereocenters. The third-order valence-corrected chi connectivity index (χ3v) is 6.06. The number of fused-ring (bicyclic) bond motifs is 1. The number of pyridine rings is 1. The Morgan fingerprint density at radius 3 is 2.52 bits per heavy atom. The summed E-state index contributed by atoms with van der Waals surface area (Å²) in [5, 5.41) is 3.38. The average Bonchev–Trinajstić information content (AvgIpc) is 3.33. The van der Waals surface area contributed by atoms with Gasteiger partial charge in [0, 0.05) is 18.5 Å². The molecule has 2 heterocycles. The number of para-hydroxylation sites is 1. The molecular formula is C23H21N3O4S. The van der Waals surface area contributed by atoms with Gasteiger partial charge in [-0.25, -0.2) is 18.1 Å². The number of hydrogen-bond acceptors (Lipinski definition) is 5. The molecule has 4 aromatic rings. The molecule has 1 amide bonds. The highest BCUT2D eigenvalue weighted by atomic mass is 32.2. The molecule has 2 aromatic carbocycles. The zero-order chi connectivity index (χ0) is 21.7. The van der Waals surface area contributed by atoms with E-state index in [2.05, 4.69) is 15.0 Å². The Bertz CT molecular complexity index is 1290. The molecule has 0 radical (unpaired) electrons. The Hall–Kier alpha value is -3.49. The molecule has 4 rings (SSSR count). The van der Waals surface area contributed by atoms with Gasteiger partial charge in [-0.1, -0.05) is 48.5 Å². The van der Waals surface area contributed by atoms with E-state index in [0.717, 1.165) is 5.56 Å². The normalized spacial score (nSPS) is 11.5. The van der Waals surface area contributed by atoms with Gasteiger partial charge in [-0.2, -0.15) is 0 Å². The smallest absolute Gasteiger partial charge is 0.252 e. The highest BCUT2D eigenvalue weighted by molar-refractivity contribution is 7.89. The van der Waals surface area contributed by atoms with Crippen LogP contribution in [-0.2, 0) is 16.6 Å². The summed E-state index contributed by atoms with van der Waals surface area (Å²) >= 11 is 0. The average molecular weight is 436 g/mol. The lowest BCUT2D eigenvalue weighted by atomic mass is 10.1. The van der Waals surface area contributed by atoms with Gasteiger partial charge < -0.3 is 9.73 Å². The summed E-state index contributed by atoms with van der Waals surface area (Å²) in [6.07, 6.45) is 1.54. The number of furan rings is 1. The van der Waals surface area contributed by atoms with E-state index < -0.39 is 10.0 Å².